The van der Waals surface area contributed by atoms with Crippen LogP contribution in [0, 0.1) is 24.0 Å². The summed E-state index contributed by atoms with van der Waals surface area (Å²) in [4.78, 5) is 20.4. The molecular formula is C24H19N9O2. The van der Waals surface area contributed by atoms with Crippen molar-refractivity contribution in [3.63, 3.8) is 0 Å². The Morgan fingerprint density at radius 3 is 2.51 bits per heavy atom. The van der Waals surface area contributed by atoms with E-state index in [1.54, 1.807) is 40.3 Å². The van der Waals surface area contributed by atoms with Crippen LogP contribution in [0.15, 0.2) is 67.1 Å². The van der Waals surface area contributed by atoms with Crippen molar-refractivity contribution in [2.75, 3.05) is 0 Å². The zero-order valence-corrected chi connectivity index (χ0v) is 18.9. The van der Waals surface area contributed by atoms with Gasteiger partial charge in [0.15, 0.2) is 17.1 Å². The zero-order valence-electron chi connectivity index (χ0n) is 18.9. The van der Waals surface area contributed by atoms with Crippen molar-refractivity contribution in [2.45, 2.75) is 20.4 Å². The molecule has 4 aromatic heterocycles. The van der Waals surface area contributed by atoms with Crippen molar-refractivity contribution in [1.82, 2.24) is 39.1 Å². The molecule has 6 aromatic rings. The third kappa shape index (κ3) is 3.32. The molecule has 0 spiro atoms. The molecule has 0 amide bonds. The number of para-hydroxylation sites is 1. The number of fused-ring (bicyclic) bond motifs is 3. The van der Waals surface area contributed by atoms with Gasteiger partial charge < -0.3 is 0 Å². The van der Waals surface area contributed by atoms with Gasteiger partial charge in [0.2, 0.25) is 0 Å². The van der Waals surface area contributed by atoms with Crippen molar-refractivity contribution < 1.29 is 4.92 Å². The van der Waals surface area contributed by atoms with E-state index in [2.05, 4.69) is 20.3 Å². The normalized spacial score (nSPS) is 11.5. The summed E-state index contributed by atoms with van der Waals surface area (Å²) in [6.45, 7) is 3.70. The Bertz CT molecular complexity index is 1730. The Morgan fingerprint density at radius 2 is 1.74 bits per heavy atom. The molecule has 0 fully saturated rings. The molecule has 0 aliphatic rings. The minimum atomic E-state index is -0.391. The lowest BCUT2D eigenvalue weighted by atomic mass is 10.1. The van der Waals surface area contributed by atoms with E-state index < -0.39 is 4.92 Å². The predicted octanol–water partition coefficient (Wildman–Crippen LogP) is 3.90. The Morgan fingerprint density at radius 1 is 0.971 bits per heavy atom. The summed E-state index contributed by atoms with van der Waals surface area (Å²) in [6.07, 6.45) is 3.37. The van der Waals surface area contributed by atoms with Crippen LogP contribution in [0.5, 0.6) is 0 Å². The van der Waals surface area contributed by atoms with Crippen LogP contribution in [0.4, 0.5) is 5.69 Å². The second-order valence-electron chi connectivity index (χ2n) is 8.17. The van der Waals surface area contributed by atoms with Crippen LogP contribution in [0.2, 0.25) is 0 Å². The first kappa shape index (κ1) is 20.7. The van der Waals surface area contributed by atoms with Crippen LogP contribution in [0.25, 0.3) is 33.8 Å². The van der Waals surface area contributed by atoms with Crippen molar-refractivity contribution >= 4 is 22.4 Å². The van der Waals surface area contributed by atoms with Gasteiger partial charge in [-0.15, -0.1) is 5.10 Å². The molecule has 0 saturated heterocycles. The van der Waals surface area contributed by atoms with Gasteiger partial charge in [-0.2, -0.15) is 10.2 Å². The number of rotatable bonds is 5. The monoisotopic (exact) mass is 465 g/mol. The van der Waals surface area contributed by atoms with Gasteiger partial charge in [-0.05, 0) is 31.5 Å². The minimum Gasteiger partial charge on any atom is -0.258 e. The number of nitrogens with zero attached hydrogens (tertiary/aromatic N) is 9. The van der Waals surface area contributed by atoms with Gasteiger partial charge in [0.05, 0.1) is 28.7 Å². The molecule has 2 aromatic carbocycles. The van der Waals surface area contributed by atoms with Crippen LogP contribution in [-0.4, -0.2) is 44.1 Å². The molecule has 4 heterocycles. The number of aromatic nitrogens is 8. The summed E-state index contributed by atoms with van der Waals surface area (Å²) in [5.74, 6) is 0.526. The first-order valence-electron chi connectivity index (χ1n) is 10.9. The Labute approximate surface area is 198 Å². The Hall–Kier alpha value is -4.93. The van der Waals surface area contributed by atoms with Crippen LogP contribution in [-0.2, 0) is 6.54 Å². The molecule has 11 nitrogen and oxygen atoms in total. The lowest BCUT2D eigenvalue weighted by molar-refractivity contribution is -0.386. The summed E-state index contributed by atoms with van der Waals surface area (Å²) in [7, 11) is 0. The molecule has 35 heavy (non-hydrogen) atoms. The number of hydrogen-bond donors (Lipinski definition) is 0. The van der Waals surface area contributed by atoms with Gasteiger partial charge in [0.1, 0.15) is 17.7 Å². The first-order chi connectivity index (χ1) is 17.0. The van der Waals surface area contributed by atoms with E-state index in [-0.39, 0.29) is 5.69 Å². The Balaban J connectivity index is 1.44. The highest BCUT2D eigenvalue weighted by Gasteiger charge is 2.23. The molecule has 172 valence electrons. The number of nitro groups is 1. The van der Waals surface area contributed by atoms with E-state index in [0.29, 0.717) is 35.1 Å². The molecule has 11 heteroatoms. The van der Waals surface area contributed by atoms with E-state index in [1.807, 2.05) is 54.6 Å². The average molecular weight is 465 g/mol. The van der Waals surface area contributed by atoms with Crippen molar-refractivity contribution in [3.8, 4) is 17.1 Å². The zero-order chi connectivity index (χ0) is 24.1. The fourth-order valence-corrected chi connectivity index (χ4v) is 4.34. The van der Waals surface area contributed by atoms with Crippen LogP contribution < -0.4 is 0 Å². The maximum atomic E-state index is 11.4. The topological polar surface area (TPSA) is 122 Å². The summed E-state index contributed by atoms with van der Waals surface area (Å²) < 4.78 is 5.05. The molecule has 0 aliphatic carbocycles. The van der Waals surface area contributed by atoms with Gasteiger partial charge in [-0.25, -0.2) is 19.2 Å². The van der Waals surface area contributed by atoms with Crippen molar-refractivity contribution in [1.29, 1.82) is 0 Å². The van der Waals surface area contributed by atoms with Crippen molar-refractivity contribution in [3.05, 3.63) is 94.2 Å². The molecule has 0 atom stereocenters. The molecule has 0 N–H and O–H groups in total. The van der Waals surface area contributed by atoms with Crippen molar-refractivity contribution in [2.24, 2.45) is 0 Å². The average Bonchev–Trinajstić information content (AvgIpc) is 3.55. The fourth-order valence-electron chi connectivity index (χ4n) is 4.34. The third-order valence-electron chi connectivity index (χ3n) is 6.01. The number of hydrogen-bond acceptors (Lipinski definition) is 7. The van der Waals surface area contributed by atoms with Gasteiger partial charge >= 0.3 is 5.69 Å². The van der Waals surface area contributed by atoms with Gasteiger partial charge in [0.25, 0.3) is 0 Å². The fraction of sp³-hybridized carbons (Fsp3) is 0.125. The molecule has 6 rings (SSSR count). The molecule has 0 saturated carbocycles. The van der Waals surface area contributed by atoms with E-state index in [0.717, 1.165) is 22.2 Å². The SMILES string of the molecule is Cc1nn(Cc2ccccc2-c2nc3c4cnn(-c5ccccc5)c4ncn3n2)c(C)c1[N+](=O)[O-]. The minimum absolute atomic E-state index is 0.0391. The highest BCUT2D eigenvalue weighted by atomic mass is 16.6. The van der Waals surface area contributed by atoms with Crippen LogP contribution >= 0.6 is 0 Å². The van der Waals surface area contributed by atoms with Crippen LogP contribution in [0.3, 0.4) is 0 Å². The standard InChI is InChI=1S/C24H19N9O2/c1-15-21(33(34)35)16(2)30(28-15)13-17-8-6-7-11-19(17)22-27-24-20-12-26-32(18-9-4-3-5-10-18)23(20)25-14-31(24)29-22/h3-12,14H,13H2,1-2H3. The number of aryl methyl sites for hydroxylation is 1. The number of benzene rings is 2. The van der Waals surface area contributed by atoms with E-state index in [1.165, 1.54) is 0 Å². The second kappa shape index (κ2) is 7.83. The largest absolute Gasteiger partial charge is 0.312 e. The highest BCUT2D eigenvalue weighted by molar-refractivity contribution is 5.90. The predicted molar refractivity (Wildman–Crippen MR) is 128 cm³/mol. The maximum absolute atomic E-state index is 11.4. The van der Waals surface area contributed by atoms with Gasteiger partial charge in [-0.1, -0.05) is 42.5 Å². The molecule has 0 unspecified atom stereocenters. The molecular weight excluding hydrogens is 446 g/mol. The summed E-state index contributed by atoms with van der Waals surface area (Å²) in [6, 6.07) is 17.5. The van der Waals surface area contributed by atoms with E-state index in [4.69, 9.17) is 4.98 Å². The van der Waals surface area contributed by atoms with E-state index >= 15 is 0 Å². The van der Waals surface area contributed by atoms with Crippen LogP contribution in [0.1, 0.15) is 17.0 Å². The lowest BCUT2D eigenvalue weighted by Gasteiger charge is -2.08. The third-order valence-corrected chi connectivity index (χ3v) is 6.01. The quantitative estimate of drug-likeness (QED) is 0.279. The van der Waals surface area contributed by atoms with E-state index in [9.17, 15) is 10.1 Å². The molecule has 0 aliphatic heterocycles. The summed E-state index contributed by atoms with van der Waals surface area (Å²) in [5, 5.41) is 25.7. The van der Waals surface area contributed by atoms with Gasteiger partial charge in [-0.3, -0.25) is 14.8 Å². The Kier molecular flexibility index (Phi) is 4.62. The molecule has 0 radical (unpaired) electrons. The highest BCUT2D eigenvalue weighted by Crippen LogP contribution is 2.27. The van der Waals surface area contributed by atoms with Gasteiger partial charge in [0, 0.05) is 5.56 Å². The molecule has 0 bridgehead atoms. The summed E-state index contributed by atoms with van der Waals surface area (Å²) in [5.41, 5.74) is 4.88. The lowest BCUT2D eigenvalue weighted by Crippen LogP contribution is -2.06. The summed E-state index contributed by atoms with van der Waals surface area (Å²) >= 11 is 0. The first-order valence-corrected chi connectivity index (χ1v) is 10.9. The maximum Gasteiger partial charge on any atom is 0.312 e. The smallest absolute Gasteiger partial charge is 0.258 e. The second-order valence-corrected chi connectivity index (χ2v) is 8.17.